The Morgan fingerprint density at radius 1 is 0.481 bits per heavy atom. The number of hydrogen-bond acceptors (Lipinski definition) is 23. The monoisotopic (exact) mass is 1820 g/mol. The van der Waals surface area contributed by atoms with Crippen molar-refractivity contribution in [2.24, 2.45) is 76.9 Å². The van der Waals surface area contributed by atoms with Crippen molar-refractivity contribution in [1.29, 1.82) is 0 Å². The summed E-state index contributed by atoms with van der Waals surface area (Å²) in [5, 5.41) is 44.7. The second-order valence-corrected chi connectivity index (χ2v) is 39.2. The largest absolute Gasteiger partial charge is 0.460 e. The van der Waals surface area contributed by atoms with Crippen LogP contribution in [0.25, 0.3) is 0 Å². The van der Waals surface area contributed by atoms with Gasteiger partial charge in [-0.1, -0.05) is 155 Å². The number of rotatable bonds is 11. The van der Waals surface area contributed by atoms with Crippen LogP contribution in [0.1, 0.15) is 258 Å². The molecule has 6 heterocycles. The number of fused-ring (bicyclic) bond motifs is 6. The molecule has 25 nitrogen and oxygen atoms in total. The molecule has 2 aliphatic carbocycles. The lowest BCUT2D eigenvalue weighted by Gasteiger charge is -2.42. The predicted molar refractivity (Wildman–Crippen MR) is 486 cm³/mol. The second kappa shape index (κ2) is 51.6. The summed E-state index contributed by atoms with van der Waals surface area (Å²) in [4.78, 5) is 143. The zero-order valence-corrected chi connectivity index (χ0v) is 80.7. The number of nitrogens with zero attached hydrogens (tertiary/aromatic N) is 2. The fourth-order valence-corrected chi connectivity index (χ4v) is 20.0. The quantitative estimate of drug-likeness (QED) is 0.0848. The minimum Gasteiger partial charge on any atom is -0.460 e. The maximum atomic E-state index is 16.2. The standard InChI is InChI=1S/C51H78FNO12.C51H78FNO11/c1-30-16-12-11-13-17-31(2)42(61-8)28-38-21-19-36(7)51(60,65-38)48(57)49(58)53-23-15-14-18-39(53)50(59)64-43(33(4)26-37-20-22-40(54)44(27-37)62-9)29-41(55)32(3)25-34(5)45(52)47(63-10)46(56)35(6)24-30;1-30-14-15-31(2)18-21-39-22-19-37(8)51(60,64-39)48(57)49(58)53-24-12-11-13-40(53)50(59)63-43(34(5)27-38-20-23-41(54)44(28-38)61-9)29-42(55)33(4)26-35(6)45(52)47(62-10)46(56)36(7)25-32(3)17-16-30/h11-13,16-17,25,30,32-33,35-40,42-45,47,54,60H,14-15,18-24,26-29H2,1-10H3;14-18,26,30,32-34,36-41,43-45,47,54,60H,11-13,19-25,27-29H2,1-10H3/b13-11?,16-12+,31-17?,34-25+;15-14?,17-16+,31-18+,35-26+/t30-,32-,33-,35-,36-,37+,38?,39?,40?,42+,43+,44-,45-,47-,51-;30?,32-,33-,34-,36?,37-,38?,39?,40?,41+,43+,44?,45?,47-,51?/m11/s1. The fraction of sp³-hybridized carbons (Fsp3) is 0.745. The van der Waals surface area contributed by atoms with Gasteiger partial charge in [0, 0.05) is 103 Å². The highest BCUT2D eigenvalue weighted by Gasteiger charge is 2.56. The van der Waals surface area contributed by atoms with Gasteiger partial charge in [-0.15, -0.1) is 0 Å². The van der Waals surface area contributed by atoms with E-state index in [4.69, 9.17) is 42.6 Å². The summed E-state index contributed by atoms with van der Waals surface area (Å²) in [6.45, 7) is 27.0. The zero-order valence-electron chi connectivity index (χ0n) is 80.7. The van der Waals surface area contributed by atoms with Crippen molar-refractivity contribution < 1.29 is 120 Å². The van der Waals surface area contributed by atoms with Crippen molar-refractivity contribution in [3.63, 3.8) is 0 Å². The molecule has 4 N–H and O–H groups in total. The fourth-order valence-electron chi connectivity index (χ4n) is 20.0. The lowest BCUT2D eigenvalue weighted by atomic mass is 9.78. The van der Waals surface area contributed by atoms with E-state index in [1.54, 1.807) is 62.9 Å². The van der Waals surface area contributed by atoms with Crippen molar-refractivity contribution in [1.82, 2.24) is 9.80 Å². The minimum atomic E-state index is -2.44. The van der Waals surface area contributed by atoms with E-state index < -0.39 is 162 Å². The molecule has 4 bridgehead atoms. The summed E-state index contributed by atoms with van der Waals surface area (Å²) in [5.74, 6) is -16.6. The molecule has 0 spiro atoms. The molecule has 0 aromatic rings. The van der Waals surface area contributed by atoms with Crippen LogP contribution in [-0.4, -0.2) is 240 Å². The highest BCUT2D eigenvalue weighted by atomic mass is 19.1. The molecule has 0 radical (unpaired) electrons. The number of alkyl halides is 2. The van der Waals surface area contributed by atoms with Gasteiger partial charge in [-0.3, -0.25) is 38.4 Å². The molecule has 6 fully saturated rings. The van der Waals surface area contributed by atoms with E-state index in [9.17, 15) is 68.4 Å². The molecule has 129 heavy (non-hydrogen) atoms. The van der Waals surface area contributed by atoms with E-state index in [0.717, 1.165) is 11.1 Å². The third-order valence-corrected chi connectivity index (χ3v) is 28.7. The van der Waals surface area contributed by atoms with Gasteiger partial charge < -0.3 is 72.9 Å². The van der Waals surface area contributed by atoms with E-state index in [1.165, 1.54) is 50.0 Å². The van der Waals surface area contributed by atoms with Gasteiger partial charge in [0.05, 0.1) is 42.7 Å². The van der Waals surface area contributed by atoms with Gasteiger partial charge in [0.2, 0.25) is 11.6 Å². The average Bonchev–Trinajstić information content (AvgIpc) is 0.779. The van der Waals surface area contributed by atoms with E-state index in [2.05, 4.69) is 6.08 Å². The maximum Gasteiger partial charge on any atom is 0.329 e. The Hall–Kier alpha value is -6.76. The molecule has 0 aromatic carbocycles. The summed E-state index contributed by atoms with van der Waals surface area (Å²) in [7, 11) is 7.29. The number of amides is 2. The number of halogens is 2. The van der Waals surface area contributed by atoms with Gasteiger partial charge in [-0.2, -0.15) is 0 Å². The lowest BCUT2D eigenvalue weighted by molar-refractivity contribution is -0.265. The molecule has 726 valence electrons. The predicted octanol–water partition coefficient (Wildman–Crippen LogP) is 14.9. The number of allylic oxidation sites excluding steroid dienone is 12. The number of aliphatic hydroxyl groups is 4. The Labute approximate surface area is 766 Å². The van der Waals surface area contributed by atoms with Crippen LogP contribution < -0.4 is 0 Å². The average molecular weight is 1820 g/mol. The molecule has 8 rings (SSSR count). The van der Waals surface area contributed by atoms with Gasteiger partial charge in [0.25, 0.3) is 23.4 Å². The van der Waals surface area contributed by atoms with Crippen molar-refractivity contribution in [3.05, 3.63) is 95.2 Å². The minimum absolute atomic E-state index is 0.0165. The van der Waals surface area contributed by atoms with Crippen LogP contribution in [0.4, 0.5) is 8.78 Å². The first kappa shape index (κ1) is 109. The van der Waals surface area contributed by atoms with Crippen molar-refractivity contribution in [3.8, 4) is 0 Å². The normalized spacial score (nSPS) is 39.7. The van der Waals surface area contributed by atoms with E-state index in [-0.39, 0.29) is 127 Å². The first-order valence-corrected chi connectivity index (χ1v) is 47.7. The summed E-state index contributed by atoms with van der Waals surface area (Å²) in [6.07, 6.45) is 21.4. The summed E-state index contributed by atoms with van der Waals surface area (Å²) < 4.78 is 84.9. The molecular formula is C102H156F2N2O23. The van der Waals surface area contributed by atoms with Gasteiger partial charge in [0.1, 0.15) is 35.9 Å². The molecule has 0 aromatic heterocycles. The third-order valence-electron chi connectivity index (χ3n) is 28.7. The number of carbonyl (C=O) groups excluding carboxylic acids is 10. The van der Waals surface area contributed by atoms with Crippen molar-refractivity contribution in [2.45, 2.75) is 361 Å². The molecule has 2 amide bonds. The first-order chi connectivity index (χ1) is 60.9. The Balaban J connectivity index is 0.000000353. The lowest BCUT2D eigenvalue weighted by Crippen LogP contribution is -2.61. The van der Waals surface area contributed by atoms with E-state index >= 15 is 8.78 Å². The van der Waals surface area contributed by atoms with Crippen LogP contribution in [0.2, 0.25) is 0 Å². The molecule has 8 aliphatic rings. The topological polar surface area (TPSA) is 341 Å². The number of piperidine rings is 2. The number of ether oxygens (including phenoxy) is 9. The Kier molecular flexibility index (Phi) is 43.7. The summed E-state index contributed by atoms with van der Waals surface area (Å²) >= 11 is 0. The SMILES string of the molecule is COC1CC(C[C@@H](C)[C@@H]2CC(=O)[C@H](C)/C=C(\C)C(F)[C@@H](OC)C(=O)C(C)C[C@H](C)/C=C/C(C)C=C/C(C)=C/CC3CC[C@@H](C)C(O)(O3)C(=O)C(=O)N3CCCCC3C(=O)O2)CC[C@@H]1O.CO[C@H]1CC2CC[C@@H](C)[C@@](O)(O2)C(=O)C(=O)N2CCCCC2C(=O)O[C@H]([C@H](C)C[C@@H]2CCC(O)[C@H](OC)C2)CC(=O)[C@H](C)/C=C(\C)[C@@H](F)[C@@H](OC)C(=O)[C@H](C)C[C@H](C)/C=C/C=CC=C1C. The molecule has 27 heteroatoms. The van der Waals surface area contributed by atoms with Gasteiger partial charge in [0.15, 0.2) is 36.1 Å². The molecule has 2 saturated carbocycles. The van der Waals surface area contributed by atoms with Crippen LogP contribution in [0.15, 0.2) is 95.2 Å². The van der Waals surface area contributed by atoms with Crippen LogP contribution in [0.5, 0.6) is 0 Å². The number of Topliss-reactive ketones (excluding diaryl/α,β-unsaturated/α-hetero) is 6. The Morgan fingerprint density at radius 2 is 0.915 bits per heavy atom. The number of hydrogen-bond donors (Lipinski definition) is 4. The Bertz CT molecular complexity index is 4000. The van der Waals surface area contributed by atoms with Crippen LogP contribution in [0, 0.1) is 76.9 Å². The highest BCUT2D eigenvalue weighted by molar-refractivity contribution is 6.39. The number of carbonyl (C=O) groups is 10. The Morgan fingerprint density at radius 3 is 1.35 bits per heavy atom. The number of aliphatic hydroxyl groups excluding tert-OH is 2. The van der Waals surface area contributed by atoms with E-state index in [1.807, 2.05) is 103 Å². The number of cyclic esters (lactones) is 2. The molecule has 11 unspecified atom stereocenters. The van der Waals surface area contributed by atoms with Crippen molar-refractivity contribution >= 4 is 58.5 Å². The van der Waals surface area contributed by atoms with Crippen molar-refractivity contribution in [2.75, 3.05) is 48.6 Å². The number of esters is 2. The van der Waals surface area contributed by atoms with Gasteiger partial charge in [-0.05, 0) is 221 Å². The summed E-state index contributed by atoms with van der Waals surface area (Å²) in [6, 6.07) is -2.29. The number of ketones is 6. The molecular weight excluding hydrogens is 1660 g/mol. The van der Waals surface area contributed by atoms with Crippen LogP contribution in [-0.2, 0) is 90.6 Å². The smallest absolute Gasteiger partial charge is 0.329 e. The number of methoxy groups -OCH3 is 5. The third kappa shape index (κ3) is 30.4. The zero-order chi connectivity index (χ0) is 95.6. The molecule has 30 atom stereocenters. The van der Waals surface area contributed by atoms with Crippen LogP contribution >= 0.6 is 0 Å². The first-order valence-electron chi connectivity index (χ1n) is 47.7. The van der Waals surface area contributed by atoms with Gasteiger partial charge >= 0.3 is 11.9 Å². The van der Waals surface area contributed by atoms with E-state index in [0.29, 0.717) is 128 Å². The second-order valence-electron chi connectivity index (χ2n) is 39.2. The molecule has 6 aliphatic heterocycles. The van der Waals surface area contributed by atoms with Gasteiger partial charge in [-0.25, -0.2) is 18.4 Å². The maximum absolute atomic E-state index is 16.2. The molecule has 4 saturated heterocycles. The summed E-state index contributed by atoms with van der Waals surface area (Å²) in [5.41, 5.74) is 2.16. The van der Waals surface area contributed by atoms with Crippen LogP contribution in [0.3, 0.4) is 0 Å². The highest BCUT2D eigenvalue weighted by Crippen LogP contribution is 2.42.